The lowest BCUT2D eigenvalue weighted by molar-refractivity contribution is -0.127. The zero-order valence-electron chi connectivity index (χ0n) is 14.5. The molecule has 1 amide bonds. The molecule has 5 heteroatoms. The van der Waals surface area contributed by atoms with E-state index in [0.717, 1.165) is 38.0 Å². The van der Waals surface area contributed by atoms with E-state index in [0.29, 0.717) is 0 Å². The van der Waals surface area contributed by atoms with Gasteiger partial charge in [0.05, 0.1) is 18.2 Å². The summed E-state index contributed by atoms with van der Waals surface area (Å²) in [5.41, 5.74) is 2.35. The zero-order valence-corrected chi connectivity index (χ0v) is 14.5. The Bertz CT molecular complexity index is 667. The van der Waals surface area contributed by atoms with Crippen LogP contribution < -0.4 is 5.32 Å². The van der Waals surface area contributed by atoms with Crippen molar-refractivity contribution >= 4 is 5.91 Å². The summed E-state index contributed by atoms with van der Waals surface area (Å²) in [6.45, 7) is 4.83. The van der Waals surface area contributed by atoms with Crippen LogP contribution in [0, 0.1) is 5.92 Å². The van der Waals surface area contributed by atoms with E-state index in [1.165, 1.54) is 5.56 Å². The highest BCUT2D eigenvalue weighted by Crippen LogP contribution is 2.20. The van der Waals surface area contributed by atoms with Gasteiger partial charge in [0.2, 0.25) is 5.91 Å². The van der Waals surface area contributed by atoms with E-state index in [4.69, 9.17) is 0 Å². The SMILES string of the molecule is CC(NC(=O)C1CCCN(Cc2ccccc2)C1)c1cnn(C)c1. The van der Waals surface area contributed by atoms with Gasteiger partial charge >= 0.3 is 0 Å². The van der Waals surface area contributed by atoms with Gasteiger partial charge in [-0.15, -0.1) is 0 Å². The second-order valence-corrected chi connectivity index (χ2v) is 6.74. The van der Waals surface area contributed by atoms with Crippen molar-refractivity contribution in [3.05, 3.63) is 53.9 Å². The number of carbonyl (C=O) groups excluding carboxylic acids is 1. The molecule has 0 saturated carbocycles. The van der Waals surface area contributed by atoms with Gasteiger partial charge in [-0.3, -0.25) is 14.4 Å². The number of hydrogen-bond acceptors (Lipinski definition) is 3. The molecule has 128 valence electrons. The fourth-order valence-electron chi connectivity index (χ4n) is 3.33. The summed E-state index contributed by atoms with van der Waals surface area (Å²) in [5, 5.41) is 7.32. The van der Waals surface area contributed by atoms with Crippen LogP contribution in [0.4, 0.5) is 0 Å². The molecule has 2 unspecified atom stereocenters. The molecule has 1 aromatic carbocycles. The van der Waals surface area contributed by atoms with Crippen molar-refractivity contribution in [1.82, 2.24) is 20.0 Å². The molecule has 1 aliphatic rings. The lowest BCUT2D eigenvalue weighted by Gasteiger charge is -2.32. The molecule has 2 heterocycles. The largest absolute Gasteiger partial charge is 0.349 e. The molecule has 3 rings (SSSR count). The summed E-state index contributed by atoms with van der Waals surface area (Å²) in [4.78, 5) is 15.0. The molecule has 2 atom stereocenters. The highest BCUT2D eigenvalue weighted by atomic mass is 16.2. The van der Waals surface area contributed by atoms with Crippen LogP contribution in [0.1, 0.15) is 36.9 Å². The molecule has 1 saturated heterocycles. The standard InChI is InChI=1S/C19H26N4O/c1-15(18-11-20-22(2)13-18)21-19(24)17-9-6-10-23(14-17)12-16-7-4-3-5-8-16/h3-5,7-8,11,13,15,17H,6,9-10,12,14H2,1-2H3,(H,21,24). The van der Waals surface area contributed by atoms with Crippen molar-refractivity contribution in [2.75, 3.05) is 13.1 Å². The van der Waals surface area contributed by atoms with E-state index in [-0.39, 0.29) is 17.9 Å². The Hall–Kier alpha value is -2.14. The molecule has 1 aromatic heterocycles. The molecular weight excluding hydrogens is 300 g/mol. The molecule has 5 nitrogen and oxygen atoms in total. The summed E-state index contributed by atoms with van der Waals surface area (Å²) in [6.07, 6.45) is 5.81. The maximum atomic E-state index is 12.6. The topological polar surface area (TPSA) is 50.2 Å². The zero-order chi connectivity index (χ0) is 16.9. The number of aromatic nitrogens is 2. The molecule has 1 N–H and O–H groups in total. The second-order valence-electron chi connectivity index (χ2n) is 6.74. The van der Waals surface area contributed by atoms with Crippen LogP contribution in [-0.4, -0.2) is 33.7 Å². The molecule has 24 heavy (non-hydrogen) atoms. The third-order valence-electron chi connectivity index (χ3n) is 4.71. The van der Waals surface area contributed by atoms with Gasteiger partial charge in [0.25, 0.3) is 0 Å². The molecule has 0 radical (unpaired) electrons. The first kappa shape index (κ1) is 16.7. The molecule has 0 bridgehead atoms. The normalized spacial score (nSPS) is 19.8. The number of nitrogens with zero attached hydrogens (tertiary/aromatic N) is 3. The molecule has 1 aliphatic heterocycles. The van der Waals surface area contributed by atoms with Crippen LogP contribution in [0.15, 0.2) is 42.7 Å². The Morgan fingerprint density at radius 3 is 2.88 bits per heavy atom. The highest BCUT2D eigenvalue weighted by molar-refractivity contribution is 5.79. The number of hydrogen-bond donors (Lipinski definition) is 1. The van der Waals surface area contributed by atoms with Crippen molar-refractivity contribution in [3.8, 4) is 0 Å². The summed E-state index contributed by atoms with van der Waals surface area (Å²) in [5.74, 6) is 0.227. The third-order valence-corrected chi connectivity index (χ3v) is 4.71. The minimum absolute atomic E-state index is 0.00398. The number of rotatable bonds is 5. The number of piperidine rings is 1. The maximum absolute atomic E-state index is 12.6. The molecule has 0 spiro atoms. The lowest BCUT2D eigenvalue weighted by atomic mass is 9.96. The van der Waals surface area contributed by atoms with Crippen LogP contribution in [-0.2, 0) is 18.4 Å². The number of nitrogens with one attached hydrogen (secondary N) is 1. The van der Waals surface area contributed by atoms with Crippen molar-refractivity contribution in [1.29, 1.82) is 0 Å². The van der Waals surface area contributed by atoms with E-state index < -0.39 is 0 Å². The van der Waals surface area contributed by atoms with E-state index in [9.17, 15) is 4.79 Å². The van der Waals surface area contributed by atoms with Crippen LogP contribution in [0.25, 0.3) is 0 Å². The Morgan fingerprint density at radius 2 is 2.17 bits per heavy atom. The van der Waals surface area contributed by atoms with Crippen LogP contribution >= 0.6 is 0 Å². The maximum Gasteiger partial charge on any atom is 0.224 e. The molecular formula is C19H26N4O. The third kappa shape index (κ3) is 4.23. The summed E-state index contributed by atoms with van der Waals surface area (Å²) in [6, 6.07) is 10.5. The Kier molecular flexibility index (Phi) is 5.30. The van der Waals surface area contributed by atoms with E-state index in [1.54, 1.807) is 4.68 Å². The molecule has 1 fully saturated rings. The average molecular weight is 326 g/mol. The van der Waals surface area contributed by atoms with Gasteiger partial charge in [-0.05, 0) is 31.9 Å². The smallest absolute Gasteiger partial charge is 0.224 e. The fraction of sp³-hybridized carbons (Fsp3) is 0.474. The van der Waals surface area contributed by atoms with Gasteiger partial charge < -0.3 is 5.32 Å². The van der Waals surface area contributed by atoms with Gasteiger partial charge in [0, 0.05) is 31.9 Å². The van der Waals surface area contributed by atoms with Gasteiger partial charge in [-0.2, -0.15) is 5.10 Å². The average Bonchev–Trinajstić information content (AvgIpc) is 3.03. The molecule has 2 aromatic rings. The first-order chi connectivity index (χ1) is 11.6. The Labute approximate surface area is 143 Å². The second kappa shape index (κ2) is 7.62. The lowest BCUT2D eigenvalue weighted by Crippen LogP contribution is -2.43. The summed E-state index contributed by atoms with van der Waals surface area (Å²) >= 11 is 0. The number of carbonyl (C=O) groups is 1. The molecule has 0 aliphatic carbocycles. The van der Waals surface area contributed by atoms with Gasteiger partial charge in [-0.25, -0.2) is 0 Å². The van der Waals surface area contributed by atoms with Gasteiger partial charge in [-0.1, -0.05) is 30.3 Å². The number of benzene rings is 1. The van der Waals surface area contributed by atoms with Crippen molar-refractivity contribution in [3.63, 3.8) is 0 Å². The fourth-order valence-corrected chi connectivity index (χ4v) is 3.33. The van der Waals surface area contributed by atoms with E-state index in [1.807, 2.05) is 32.4 Å². The number of aryl methyl sites for hydroxylation is 1. The quantitative estimate of drug-likeness (QED) is 0.918. The van der Waals surface area contributed by atoms with Gasteiger partial charge in [0.1, 0.15) is 0 Å². The first-order valence-corrected chi connectivity index (χ1v) is 8.67. The van der Waals surface area contributed by atoms with Crippen molar-refractivity contribution < 1.29 is 4.79 Å². The number of amides is 1. The van der Waals surface area contributed by atoms with E-state index in [2.05, 4.69) is 39.6 Å². The first-order valence-electron chi connectivity index (χ1n) is 8.67. The summed E-state index contributed by atoms with van der Waals surface area (Å²) in [7, 11) is 1.89. The summed E-state index contributed by atoms with van der Waals surface area (Å²) < 4.78 is 1.76. The minimum Gasteiger partial charge on any atom is -0.349 e. The minimum atomic E-state index is -0.00398. The van der Waals surface area contributed by atoms with Crippen LogP contribution in [0.2, 0.25) is 0 Å². The Morgan fingerprint density at radius 1 is 1.38 bits per heavy atom. The van der Waals surface area contributed by atoms with Crippen molar-refractivity contribution in [2.24, 2.45) is 13.0 Å². The predicted octanol–water partition coefficient (Wildman–Crippen LogP) is 2.51. The van der Waals surface area contributed by atoms with E-state index >= 15 is 0 Å². The highest BCUT2D eigenvalue weighted by Gasteiger charge is 2.26. The number of likely N-dealkylation sites (tertiary alicyclic amines) is 1. The van der Waals surface area contributed by atoms with Crippen molar-refractivity contribution in [2.45, 2.75) is 32.4 Å². The predicted molar refractivity (Wildman–Crippen MR) is 94.2 cm³/mol. The monoisotopic (exact) mass is 326 g/mol. The van der Waals surface area contributed by atoms with Crippen LogP contribution in [0.3, 0.4) is 0 Å². The Balaban J connectivity index is 1.55. The van der Waals surface area contributed by atoms with Gasteiger partial charge in [0.15, 0.2) is 0 Å². The van der Waals surface area contributed by atoms with Crippen LogP contribution in [0.5, 0.6) is 0 Å².